The monoisotopic (exact) mass is 275 g/mol. The lowest BCUT2D eigenvalue weighted by atomic mass is 9.96. The molecule has 3 heterocycles. The molecule has 0 aliphatic carbocycles. The SMILES string of the molecule is Cc1cccnc1CCNC(=O)N[C@@H]1C[C@@H]2CC[C@H]1O2. The lowest BCUT2D eigenvalue weighted by molar-refractivity contribution is 0.0981. The van der Waals surface area contributed by atoms with E-state index in [4.69, 9.17) is 4.74 Å². The molecule has 1 aromatic heterocycles. The van der Waals surface area contributed by atoms with Crippen molar-refractivity contribution in [2.24, 2.45) is 0 Å². The number of aromatic nitrogens is 1. The average Bonchev–Trinajstić information content (AvgIpc) is 3.03. The number of aryl methyl sites for hydroxylation is 1. The molecule has 1 aromatic rings. The van der Waals surface area contributed by atoms with E-state index in [1.54, 1.807) is 6.20 Å². The van der Waals surface area contributed by atoms with Crippen molar-refractivity contribution in [2.45, 2.75) is 50.9 Å². The molecule has 0 spiro atoms. The van der Waals surface area contributed by atoms with Crippen LogP contribution in [-0.2, 0) is 11.2 Å². The van der Waals surface area contributed by atoms with E-state index < -0.39 is 0 Å². The molecule has 2 aliphatic rings. The van der Waals surface area contributed by atoms with Crippen LogP contribution < -0.4 is 10.6 Å². The minimum absolute atomic E-state index is 0.0975. The molecule has 0 unspecified atom stereocenters. The molecule has 2 bridgehead atoms. The number of fused-ring (bicyclic) bond motifs is 2. The van der Waals surface area contributed by atoms with Gasteiger partial charge in [-0.1, -0.05) is 6.07 Å². The molecular weight excluding hydrogens is 254 g/mol. The van der Waals surface area contributed by atoms with E-state index in [0.29, 0.717) is 12.6 Å². The van der Waals surface area contributed by atoms with Gasteiger partial charge in [-0.05, 0) is 37.8 Å². The molecule has 108 valence electrons. The fourth-order valence-electron chi connectivity index (χ4n) is 3.08. The Hall–Kier alpha value is -1.62. The highest BCUT2D eigenvalue weighted by molar-refractivity contribution is 5.74. The van der Waals surface area contributed by atoms with Gasteiger partial charge in [0.05, 0.1) is 18.2 Å². The smallest absolute Gasteiger partial charge is 0.315 e. The molecule has 2 saturated heterocycles. The Bertz CT molecular complexity index is 492. The largest absolute Gasteiger partial charge is 0.373 e. The molecule has 3 atom stereocenters. The molecule has 0 saturated carbocycles. The number of hydrogen-bond donors (Lipinski definition) is 2. The number of carbonyl (C=O) groups excluding carboxylic acids is 1. The minimum atomic E-state index is -0.0975. The summed E-state index contributed by atoms with van der Waals surface area (Å²) in [4.78, 5) is 16.2. The first-order valence-corrected chi connectivity index (χ1v) is 7.32. The molecule has 20 heavy (non-hydrogen) atoms. The number of nitrogens with one attached hydrogen (secondary N) is 2. The summed E-state index contributed by atoms with van der Waals surface area (Å²) in [5.41, 5.74) is 2.20. The van der Waals surface area contributed by atoms with Gasteiger partial charge in [-0.15, -0.1) is 0 Å². The third-order valence-electron chi connectivity index (χ3n) is 4.19. The van der Waals surface area contributed by atoms with Gasteiger partial charge in [0.1, 0.15) is 0 Å². The summed E-state index contributed by atoms with van der Waals surface area (Å²) in [6.07, 6.45) is 6.30. The summed E-state index contributed by atoms with van der Waals surface area (Å²) in [5.74, 6) is 0. The highest BCUT2D eigenvalue weighted by Gasteiger charge is 2.41. The maximum atomic E-state index is 11.9. The maximum Gasteiger partial charge on any atom is 0.315 e. The van der Waals surface area contributed by atoms with Crippen LogP contribution in [0, 0.1) is 6.92 Å². The van der Waals surface area contributed by atoms with E-state index in [9.17, 15) is 4.79 Å². The topological polar surface area (TPSA) is 63.2 Å². The Kier molecular flexibility index (Phi) is 3.87. The molecule has 2 fully saturated rings. The number of rotatable bonds is 4. The summed E-state index contributed by atoms with van der Waals surface area (Å²) in [6, 6.07) is 4.05. The highest BCUT2D eigenvalue weighted by Crippen LogP contribution is 2.34. The van der Waals surface area contributed by atoms with Crippen LogP contribution in [0.5, 0.6) is 0 Å². The third kappa shape index (κ3) is 2.93. The van der Waals surface area contributed by atoms with Gasteiger partial charge in [-0.25, -0.2) is 4.79 Å². The Morgan fingerprint density at radius 2 is 2.40 bits per heavy atom. The van der Waals surface area contributed by atoms with E-state index in [2.05, 4.69) is 15.6 Å². The molecule has 2 N–H and O–H groups in total. The van der Waals surface area contributed by atoms with Crippen LogP contribution in [0.4, 0.5) is 4.79 Å². The van der Waals surface area contributed by atoms with E-state index in [1.807, 2.05) is 19.1 Å². The number of nitrogens with zero attached hydrogens (tertiary/aromatic N) is 1. The molecular formula is C15H21N3O2. The van der Waals surface area contributed by atoms with Crippen molar-refractivity contribution >= 4 is 6.03 Å². The summed E-state index contributed by atoms with van der Waals surface area (Å²) >= 11 is 0. The van der Waals surface area contributed by atoms with Crippen LogP contribution in [0.1, 0.15) is 30.5 Å². The quantitative estimate of drug-likeness (QED) is 0.876. The lowest BCUT2D eigenvalue weighted by Crippen LogP contribution is -2.46. The second-order valence-electron chi connectivity index (χ2n) is 5.63. The van der Waals surface area contributed by atoms with Crippen molar-refractivity contribution in [1.82, 2.24) is 15.6 Å². The second-order valence-corrected chi connectivity index (χ2v) is 5.63. The van der Waals surface area contributed by atoms with Crippen molar-refractivity contribution in [3.63, 3.8) is 0 Å². The first-order valence-electron chi connectivity index (χ1n) is 7.32. The number of hydrogen-bond acceptors (Lipinski definition) is 3. The molecule has 3 rings (SSSR count). The van der Waals surface area contributed by atoms with Crippen LogP contribution in [0.25, 0.3) is 0 Å². The van der Waals surface area contributed by atoms with E-state index in [1.165, 1.54) is 0 Å². The van der Waals surface area contributed by atoms with Gasteiger partial charge in [-0.3, -0.25) is 4.98 Å². The van der Waals surface area contributed by atoms with Gasteiger partial charge >= 0.3 is 6.03 Å². The van der Waals surface area contributed by atoms with Gasteiger partial charge in [0.25, 0.3) is 0 Å². The molecule has 0 radical (unpaired) electrons. The van der Waals surface area contributed by atoms with Crippen LogP contribution in [-0.4, -0.2) is 35.8 Å². The minimum Gasteiger partial charge on any atom is -0.373 e. The van der Waals surface area contributed by atoms with Crippen molar-refractivity contribution in [3.8, 4) is 0 Å². The fraction of sp³-hybridized carbons (Fsp3) is 0.600. The Morgan fingerprint density at radius 3 is 3.10 bits per heavy atom. The Balaban J connectivity index is 1.40. The summed E-state index contributed by atoms with van der Waals surface area (Å²) in [7, 11) is 0. The third-order valence-corrected chi connectivity index (χ3v) is 4.19. The maximum absolute atomic E-state index is 11.9. The lowest BCUT2D eigenvalue weighted by Gasteiger charge is -2.20. The van der Waals surface area contributed by atoms with Gasteiger partial charge in [0, 0.05) is 24.9 Å². The summed E-state index contributed by atoms with van der Waals surface area (Å²) in [6.45, 7) is 2.64. The second kappa shape index (κ2) is 5.79. The van der Waals surface area contributed by atoms with Gasteiger partial charge in [0.15, 0.2) is 0 Å². The zero-order valence-corrected chi connectivity index (χ0v) is 11.8. The Morgan fingerprint density at radius 1 is 1.50 bits per heavy atom. The number of ether oxygens (including phenoxy) is 1. The van der Waals surface area contributed by atoms with Crippen molar-refractivity contribution in [3.05, 3.63) is 29.6 Å². The zero-order valence-electron chi connectivity index (χ0n) is 11.8. The molecule has 5 heteroatoms. The molecule has 0 aromatic carbocycles. The van der Waals surface area contributed by atoms with Gasteiger partial charge < -0.3 is 15.4 Å². The predicted molar refractivity (Wildman–Crippen MR) is 75.5 cm³/mol. The van der Waals surface area contributed by atoms with Crippen LogP contribution in [0.3, 0.4) is 0 Å². The first kappa shape index (κ1) is 13.4. The van der Waals surface area contributed by atoms with E-state index >= 15 is 0 Å². The fourth-order valence-corrected chi connectivity index (χ4v) is 3.08. The average molecular weight is 275 g/mol. The van der Waals surface area contributed by atoms with Gasteiger partial charge in [0.2, 0.25) is 0 Å². The standard InChI is InChI=1S/C15H21N3O2/c1-10-3-2-7-16-12(10)6-8-17-15(19)18-13-9-11-4-5-14(13)20-11/h2-3,7,11,13-14H,4-6,8-9H2,1H3,(H2,17,18,19)/t11-,13+,14+/m0/s1. The first-order chi connectivity index (χ1) is 9.72. The number of urea groups is 1. The van der Waals surface area contributed by atoms with Crippen LogP contribution in [0.15, 0.2) is 18.3 Å². The predicted octanol–water partition coefficient (Wildman–Crippen LogP) is 1.55. The summed E-state index contributed by atoms with van der Waals surface area (Å²) < 4.78 is 5.72. The van der Waals surface area contributed by atoms with Gasteiger partial charge in [-0.2, -0.15) is 0 Å². The van der Waals surface area contributed by atoms with Crippen LogP contribution in [0.2, 0.25) is 0 Å². The van der Waals surface area contributed by atoms with E-state index in [-0.39, 0.29) is 18.2 Å². The van der Waals surface area contributed by atoms with Crippen molar-refractivity contribution < 1.29 is 9.53 Å². The van der Waals surface area contributed by atoms with Crippen molar-refractivity contribution in [1.29, 1.82) is 0 Å². The van der Waals surface area contributed by atoms with Crippen molar-refractivity contribution in [2.75, 3.05) is 6.54 Å². The number of carbonyl (C=O) groups is 1. The highest BCUT2D eigenvalue weighted by atomic mass is 16.5. The zero-order chi connectivity index (χ0) is 13.9. The molecule has 2 aliphatic heterocycles. The normalized spacial score (nSPS) is 27.6. The Labute approximate surface area is 119 Å². The number of amides is 2. The van der Waals surface area contributed by atoms with Crippen LogP contribution >= 0.6 is 0 Å². The molecule has 5 nitrogen and oxygen atoms in total. The molecule has 2 amide bonds. The van der Waals surface area contributed by atoms with E-state index in [0.717, 1.165) is 36.9 Å². The summed E-state index contributed by atoms with van der Waals surface area (Å²) in [5, 5.41) is 5.91. The number of pyridine rings is 1.